The fraction of sp³-hybridized carbons (Fsp3) is 0.0385. The summed E-state index contributed by atoms with van der Waals surface area (Å²) in [6, 6.07) is 16.6. The van der Waals surface area contributed by atoms with Crippen LogP contribution in [0.25, 0.3) is 0 Å². The second-order valence-electron chi connectivity index (χ2n) is 8.13. The molecular formula is C26H12Cl2I2O6. The summed E-state index contributed by atoms with van der Waals surface area (Å²) in [4.78, 5) is 13.0. The molecule has 0 radical (unpaired) electrons. The summed E-state index contributed by atoms with van der Waals surface area (Å²) in [6.07, 6.45) is 0. The second kappa shape index (κ2) is 8.57. The molecule has 4 aromatic carbocycles. The smallest absolute Gasteiger partial charge is 0.340 e. The van der Waals surface area contributed by atoms with E-state index in [2.05, 4.69) is 0 Å². The summed E-state index contributed by atoms with van der Waals surface area (Å²) in [5, 5.41) is 20.7. The van der Waals surface area contributed by atoms with Crippen molar-refractivity contribution in [2.45, 2.75) is 5.60 Å². The average Bonchev–Trinajstić information content (AvgIpc) is 3.13. The molecule has 1 atom stereocenters. The van der Waals surface area contributed by atoms with Crippen molar-refractivity contribution in [2.75, 3.05) is 0 Å². The first-order valence-corrected chi connectivity index (χ1v) is 13.3. The van der Waals surface area contributed by atoms with Gasteiger partial charge in [-0.2, -0.15) is 0 Å². The van der Waals surface area contributed by atoms with Crippen LogP contribution in [-0.4, -0.2) is 16.2 Å². The molecule has 36 heavy (non-hydrogen) atoms. The highest BCUT2D eigenvalue weighted by molar-refractivity contribution is 14.1. The summed E-state index contributed by atoms with van der Waals surface area (Å²) in [6.45, 7) is 0. The van der Waals surface area contributed by atoms with Gasteiger partial charge in [0.1, 0.15) is 34.5 Å². The fourth-order valence-corrected chi connectivity index (χ4v) is 6.56. The second-order valence-corrected chi connectivity index (χ2v) is 11.3. The zero-order valence-electron chi connectivity index (χ0n) is 17.8. The number of ether oxygens (including phenoxy) is 3. The summed E-state index contributed by atoms with van der Waals surface area (Å²) >= 11 is 17.0. The van der Waals surface area contributed by atoms with Crippen LogP contribution in [-0.2, 0) is 10.3 Å². The summed E-state index contributed by atoms with van der Waals surface area (Å²) in [5.41, 5.74) is 0.574. The molecule has 6 nitrogen and oxygen atoms in total. The van der Waals surface area contributed by atoms with Crippen LogP contribution in [0.3, 0.4) is 0 Å². The molecule has 0 aromatic heterocycles. The predicted molar refractivity (Wildman–Crippen MR) is 150 cm³/mol. The van der Waals surface area contributed by atoms with E-state index in [4.69, 9.17) is 37.4 Å². The first kappa shape index (κ1) is 24.0. The number of carbonyl (C=O) groups excluding carboxylic acids is 1. The minimum Gasteiger partial charge on any atom is -0.506 e. The van der Waals surface area contributed by atoms with Crippen molar-refractivity contribution >= 4 is 74.4 Å². The maximum absolute atomic E-state index is 13.0. The van der Waals surface area contributed by atoms with Gasteiger partial charge in [0.05, 0.1) is 22.7 Å². The Balaban J connectivity index is 1.57. The topological polar surface area (TPSA) is 85.2 Å². The normalized spacial score (nSPS) is 17.2. The van der Waals surface area contributed by atoms with Gasteiger partial charge in [-0.15, -0.1) is 0 Å². The minimum atomic E-state index is -1.39. The van der Waals surface area contributed by atoms with E-state index in [9.17, 15) is 15.0 Å². The quantitative estimate of drug-likeness (QED) is 0.160. The van der Waals surface area contributed by atoms with Gasteiger partial charge >= 0.3 is 5.97 Å². The third kappa shape index (κ3) is 3.52. The number of fused-ring (bicyclic) bond motifs is 6. The molecule has 0 aliphatic carbocycles. The first-order chi connectivity index (χ1) is 17.2. The van der Waals surface area contributed by atoms with Crippen molar-refractivity contribution in [1.82, 2.24) is 0 Å². The SMILES string of the molecule is O=C1OC2(c3cc(Cl)c(O)cc3Oc3cc(Oc4cc(I)c(O)c(I)c4)c(Cl)cc32)c2ccccc21. The number of phenolic OH excluding ortho intramolecular Hbond substituents is 2. The fourth-order valence-electron chi connectivity index (χ4n) is 4.48. The van der Waals surface area contributed by atoms with E-state index >= 15 is 0 Å². The molecule has 1 spiro atoms. The van der Waals surface area contributed by atoms with E-state index in [1.807, 2.05) is 51.2 Å². The maximum atomic E-state index is 13.0. The molecule has 6 rings (SSSR count). The van der Waals surface area contributed by atoms with Crippen LogP contribution in [0.5, 0.6) is 34.5 Å². The highest BCUT2D eigenvalue weighted by Gasteiger charge is 2.54. The van der Waals surface area contributed by atoms with Gasteiger partial charge in [-0.1, -0.05) is 41.4 Å². The third-order valence-corrected chi connectivity index (χ3v) is 8.29. The van der Waals surface area contributed by atoms with Gasteiger partial charge in [-0.25, -0.2) is 4.79 Å². The van der Waals surface area contributed by atoms with Crippen molar-refractivity contribution in [3.05, 3.63) is 100 Å². The Morgan fingerprint density at radius 3 is 2.19 bits per heavy atom. The van der Waals surface area contributed by atoms with Crippen LogP contribution in [0.2, 0.25) is 10.0 Å². The predicted octanol–water partition coefficient (Wildman–Crippen LogP) is 7.97. The van der Waals surface area contributed by atoms with Crippen molar-refractivity contribution < 1.29 is 29.2 Å². The van der Waals surface area contributed by atoms with Crippen LogP contribution in [0.4, 0.5) is 0 Å². The number of phenols is 2. The van der Waals surface area contributed by atoms with Gasteiger partial charge in [-0.05, 0) is 75.5 Å². The zero-order valence-corrected chi connectivity index (χ0v) is 23.6. The van der Waals surface area contributed by atoms with Crippen LogP contribution < -0.4 is 9.47 Å². The van der Waals surface area contributed by atoms with Gasteiger partial charge in [0.25, 0.3) is 0 Å². The lowest BCUT2D eigenvalue weighted by atomic mass is 9.77. The number of benzene rings is 4. The number of esters is 1. The Hall–Kier alpha value is -2.41. The largest absolute Gasteiger partial charge is 0.506 e. The molecule has 2 aliphatic rings. The number of hydrogen-bond acceptors (Lipinski definition) is 6. The highest BCUT2D eigenvalue weighted by atomic mass is 127. The van der Waals surface area contributed by atoms with Crippen LogP contribution in [0, 0.1) is 7.14 Å². The van der Waals surface area contributed by atoms with E-state index in [-0.39, 0.29) is 27.3 Å². The molecule has 2 N–H and O–H groups in total. The molecule has 2 aliphatic heterocycles. The molecule has 0 saturated heterocycles. The highest BCUT2D eigenvalue weighted by Crippen LogP contribution is 2.58. The van der Waals surface area contributed by atoms with Crippen molar-refractivity contribution in [3.8, 4) is 34.5 Å². The lowest BCUT2D eigenvalue weighted by molar-refractivity contribution is 0.0224. The van der Waals surface area contributed by atoms with Crippen LogP contribution in [0.1, 0.15) is 27.0 Å². The average molecular weight is 745 g/mol. The number of halogens is 4. The molecule has 180 valence electrons. The van der Waals surface area contributed by atoms with Crippen molar-refractivity contribution in [3.63, 3.8) is 0 Å². The molecule has 10 heteroatoms. The van der Waals surface area contributed by atoms with E-state index in [0.717, 1.165) is 0 Å². The van der Waals surface area contributed by atoms with Crippen molar-refractivity contribution in [2.24, 2.45) is 0 Å². The lowest BCUT2D eigenvalue weighted by Gasteiger charge is -2.37. The first-order valence-electron chi connectivity index (χ1n) is 10.4. The van der Waals surface area contributed by atoms with Gasteiger partial charge in [-0.3, -0.25) is 0 Å². The Kier molecular flexibility index (Phi) is 5.71. The summed E-state index contributed by atoms with van der Waals surface area (Å²) in [5.74, 6) is 0.858. The maximum Gasteiger partial charge on any atom is 0.340 e. The number of carbonyl (C=O) groups is 1. The van der Waals surface area contributed by atoms with E-state index in [0.29, 0.717) is 46.6 Å². The summed E-state index contributed by atoms with van der Waals surface area (Å²) < 4.78 is 19.5. The van der Waals surface area contributed by atoms with Gasteiger partial charge < -0.3 is 24.4 Å². The number of rotatable bonds is 2. The molecule has 4 aromatic rings. The van der Waals surface area contributed by atoms with Gasteiger partial charge in [0.15, 0.2) is 5.60 Å². The zero-order chi connectivity index (χ0) is 25.4. The molecule has 0 fully saturated rings. The molecule has 0 saturated carbocycles. The van der Waals surface area contributed by atoms with E-state index in [1.54, 1.807) is 42.5 Å². The number of aromatic hydroxyl groups is 2. The standard InChI is InChI=1S/C26H12Cl2I2O6/c27-16-7-14-21(9-20(16)31)35-22-10-23(34-11-5-18(29)24(32)19(30)6-11)17(28)8-15(22)26(14)13-4-2-1-3-12(13)25(33)36-26/h1-10,31-32H. The van der Waals surface area contributed by atoms with Crippen LogP contribution in [0.15, 0.2) is 60.7 Å². The Labute approximate surface area is 242 Å². The molecule has 0 bridgehead atoms. The number of hydrogen-bond donors (Lipinski definition) is 2. The lowest BCUT2D eigenvalue weighted by Crippen LogP contribution is -2.33. The van der Waals surface area contributed by atoms with Crippen molar-refractivity contribution in [1.29, 1.82) is 0 Å². The monoisotopic (exact) mass is 744 g/mol. The Bertz CT molecular complexity index is 1600. The van der Waals surface area contributed by atoms with Crippen LogP contribution >= 0.6 is 68.4 Å². The Morgan fingerprint density at radius 1 is 0.833 bits per heavy atom. The third-order valence-electron chi connectivity index (χ3n) is 6.05. The molecule has 2 heterocycles. The minimum absolute atomic E-state index is 0.0863. The van der Waals surface area contributed by atoms with E-state index < -0.39 is 11.6 Å². The van der Waals surface area contributed by atoms with E-state index in [1.165, 1.54) is 12.1 Å². The summed E-state index contributed by atoms with van der Waals surface area (Å²) in [7, 11) is 0. The van der Waals surface area contributed by atoms with Gasteiger partial charge in [0.2, 0.25) is 0 Å². The Morgan fingerprint density at radius 2 is 1.47 bits per heavy atom. The molecule has 0 amide bonds. The molecule has 1 unspecified atom stereocenters. The molecular weight excluding hydrogens is 733 g/mol. The van der Waals surface area contributed by atoms with Gasteiger partial charge in [0, 0.05) is 28.8 Å².